The second-order valence-electron chi connectivity index (χ2n) is 6.76. The molecule has 2 heterocycles. The van der Waals surface area contributed by atoms with Crippen LogP contribution in [0, 0.1) is 11.3 Å². The van der Waals surface area contributed by atoms with E-state index in [1.807, 2.05) is 47.4 Å². The zero-order chi connectivity index (χ0) is 16.6. The van der Waals surface area contributed by atoms with Gasteiger partial charge in [0, 0.05) is 30.0 Å². The van der Waals surface area contributed by atoms with Crippen molar-refractivity contribution >= 4 is 11.8 Å². The minimum Gasteiger partial charge on any atom is -0.467 e. The number of hydrogen-bond donors (Lipinski definition) is 1. The third-order valence-corrected chi connectivity index (χ3v) is 5.22. The summed E-state index contributed by atoms with van der Waals surface area (Å²) < 4.78 is 5.23. The largest absolute Gasteiger partial charge is 0.467 e. The minimum absolute atomic E-state index is 0.0148. The molecule has 2 amide bonds. The van der Waals surface area contributed by atoms with Gasteiger partial charge in [-0.05, 0) is 37.1 Å². The van der Waals surface area contributed by atoms with Gasteiger partial charge in [0.25, 0.3) is 5.91 Å². The summed E-state index contributed by atoms with van der Waals surface area (Å²) in [6, 6.07) is 13.0. The molecule has 24 heavy (non-hydrogen) atoms. The smallest absolute Gasteiger partial charge is 0.253 e. The summed E-state index contributed by atoms with van der Waals surface area (Å²) in [5.74, 6) is 0.904. The van der Waals surface area contributed by atoms with Crippen LogP contribution in [0.1, 0.15) is 29.0 Å². The number of rotatable bonds is 4. The average molecular weight is 324 g/mol. The second kappa shape index (κ2) is 5.82. The molecule has 1 aliphatic carbocycles. The molecule has 1 aliphatic heterocycles. The van der Waals surface area contributed by atoms with Crippen molar-refractivity contribution in [1.29, 1.82) is 0 Å². The van der Waals surface area contributed by atoms with E-state index in [1.165, 1.54) is 0 Å². The molecular weight excluding hydrogens is 304 g/mol. The van der Waals surface area contributed by atoms with Gasteiger partial charge >= 0.3 is 0 Å². The summed E-state index contributed by atoms with van der Waals surface area (Å²) in [7, 11) is 0. The molecule has 2 atom stereocenters. The minimum atomic E-state index is -0.0162. The van der Waals surface area contributed by atoms with E-state index in [1.54, 1.807) is 6.26 Å². The van der Waals surface area contributed by atoms with Crippen molar-refractivity contribution in [3.8, 4) is 0 Å². The van der Waals surface area contributed by atoms with Gasteiger partial charge in [0.2, 0.25) is 5.91 Å². The lowest BCUT2D eigenvalue weighted by Crippen LogP contribution is -2.31. The van der Waals surface area contributed by atoms with Crippen LogP contribution < -0.4 is 5.32 Å². The van der Waals surface area contributed by atoms with Crippen molar-refractivity contribution in [3.05, 3.63) is 60.1 Å². The highest BCUT2D eigenvalue weighted by atomic mass is 16.3. The van der Waals surface area contributed by atoms with Gasteiger partial charge in [-0.25, -0.2) is 0 Å². The molecule has 0 bridgehead atoms. The summed E-state index contributed by atoms with van der Waals surface area (Å²) in [6.45, 7) is 1.83. The quantitative estimate of drug-likeness (QED) is 0.939. The third kappa shape index (κ3) is 2.70. The molecule has 1 saturated carbocycles. The Hall–Kier alpha value is -2.56. The Morgan fingerprint density at radius 3 is 2.79 bits per heavy atom. The van der Waals surface area contributed by atoms with Gasteiger partial charge in [0.15, 0.2) is 0 Å². The molecule has 1 N–H and O–H groups in total. The van der Waals surface area contributed by atoms with Crippen molar-refractivity contribution in [2.75, 3.05) is 13.1 Å². The number of nitrogens with zero attached hydrogens (tertiary/aromatic N) is 1. The van der Waals surface area contributed by atoms with Crippen LogP contribution in [0.4, 0.5) is 0 Å². The van der Waals surface area contributed by atoms with Crippen LogP contribution in [-0.4, -0.2) is 29.8 Å². The molecule has 2 fully saturated rings. The topological polar surface area (TPSA) is 62.6 Å². The second-order valence-corrected chi connectivity index (χ2v) is 6.76. The fourth-order valence-corrected chi connectivity index (χ4v) is 3.71. The molecule has 0 radical (unpaired) electrons. The molecule has 1 saturated heterocycles. The van der Waals surface area contributed by atoms with E-state index >= 15 is 0 Å². The molecule has 5 nitrogen and oxygen atoms in total. The lowest BCUT2D eigenvalue weighted by Gasteiger charge is -2.16. The number of carbonyl (C=O) groups is 2. The van der Waals surface area contributed by atoms with E-state index in [9.17, 15) is 9.59 Å². The van der Waals surface area contributed by atoms with E-state index in [4.69, 9.17) is 4.42 Å². The van der Waals surface area contributed by atoms with Crippen LogP contribution in [0.15, 0.2) is 53.1 Å². The van der Waals surface area contributed by atoms with Crippen molar-refractivity contribution < 1.29 is 14.0 Å². The van der Waals surface area contributed by atoms with E-state index in [-0.39, 0.29) is 23.1 Å². The highest BCUT2D eigenvalue weighted by Gasteiger charge is 2.61. The van der Waals surface area contributed by atoms with Gasteiger partial charge in [0.05, 0.1) is 12.8 Å². The average Bonchev–Trinajstić information content (AvgIpc) is 2.95. The van der Waals surface area contributed by atoms with Crippen LogP contribution >= 0.6 is 0 Å². The number of amides is 2. The summed E-state index contributed by atoms with van der Waals surface area (Å²) >= 11 is 0. The van der Waals surface area contributed by atoms with Crippen LogP contribution in [-0.2, 0) is 11.3 Å². The Balaban J connectivity index is 1.34. The summed E-state index contributed by atoms with van der Waals surface area (Å²) in [5, 5.41) is 2.94. The van der Waals surface area contributed by atoms with Crippen LogP contribution in [0.3, 0.4) is 0 Å². The predicted molar refractivity (Wildman–Crippen MR) is 88.1 cm³/mol. The van der Waals surface area contributed by atoms with E-state index in [2.05, 4.69) is 5.32 Å². The number of carbonyl (C=O) groups excluding carboxylic acids is 2. The Bertz CT molecular complexity index is 741. The molecular formula is C19H20N2O3. The third-order valence-electron chi connectivity index (χ3n) is 5.22. The normalized spacial score (nSPS) is 25.0. The maximum absolute atomic E-state index is 12.5. The monoisotopic (exact) mass is 324 g/mol. The molecule has 2 aliphatic rings. The van der Waals surface area contributed by atoms with Gasteiger partial charge in [-0.1, -0.05) is 18.2 Å². The van der Waals surface area contributed by atoms with Crippen LogP contribution in [0.25, 0.3) is 0 Å². The summed E-state index contributed by atoms with van der Waals surface area (Å²) in [5.41, 5.74) is 0.701. The van der Waals surface area contributed by atoms with Crippen LogP contribution in [0.5, 0.6) is 0 Å². The van der Waals surface area contributed by atoms with E-state index in [0.717, 1.165) is 25.1 Å². The molecule has 1 spiro atoms. The molecule has 1 aromatic heterocycles. The fraction of sp³-hybridized carbons (Fsp3) is 0.368. The first-order chi connectivity index (χ1) is 11.7. The Labute approximate surface area is 140 Å². The van der Waals surface area contributed by atoms with Gasteiger partial charge in [-0.2, -0.15) is 0 Å². The Kier molecular flexibility index (Phi) is 3.63. The van der Waals surface area contributed by atoms with Gasteiger partial charge in [-0.3, -0.25) is 9.59 Å². The molecule has 2 unspecified atom stereocenters. The molecule has 124 valence electrons. The molecule has 5 heteroatoms. The maximum atomic E-state index is 12.5. The maximum Gasteiger partial charge on any atom is 0.253 e. The first kappa shape index (κ1) is 15.0. The predicted octanol–water partition coefficient (Wildman–Crippen LogP) is 2.45. The highest BCUT2D eigenvalue weighted by Crippen LogP contribution is 2.58. The highest BCUT2D eigenvalue weighted by molar-refractivity contribution is 5.94. The fourth-order valence-electron chi connectivity index (χ4n) is 3.71. The number of benzene rings is 1. The molecule has 1 aromatic carbocycles. The van der Waals surface area contributed by atoms with Crippen molar-refractivity contribution in [3.63, 3.8) is 0 Å². The van der Waals surface area contributed by atoms with E-state index in [0.29, 0.717) is 18.7 Å². The Morgan fingerprint density at radius 2 is 2.04 bits per heavy atom. The Morgan fingerprint density at radius 1 is 1.21 bits per heavy atom. The zero-order valence-electron chi connectivity index (χ0n) is 13.4. The standard InChI is InChI=1S/C19H20N2O3/c22-17(20-12-15-7-4-10-24-15)16-11-19(16)8-9-21(13-19)18(23)14-5-2-1-3-6-14/h1-7,10,16H,8-9,11-13H2,(H,20,22). The lowest BCUT2D eigenvalue weighted by molar-refractivity contribution is -0.123. The van der Waals surface area contributed by atoms with Gasteiger partial charge in [0.1, 0.15) is 5.76 Å². The van der Waals surface area contributed by atoms with Crippen LogP contribution in [0.2, 0.25) is 0 Å². The SMILES string of the molecule is O=C(NCc1ccco1)C1CC12CCN(C(=O)c1ccccc1)C2. The van der Waals surface area contributed by atoms with Gasteiger partial charge < -0.3 is 14.6 Å². The van der Waals surface area contributed by atoms with Gasteiger partial charge in [-0.15, -0.1) is 0 Å². The number of likely N-dealkylation sites (tertiary alicyclic amines) is 1. The number of hydrogen-bond acceptors (Lipinski definition) is 3. The van der Waals surface area contributed by atoms with Crippen molar-refractivity contribution in [2.45, 2.75) is 19.4 Å². The van der Waals surface area contributed by atoms with E-state index < -0.39 is 0 Å². The number of furan rings is 1. The first-order valence-corrected chi connectivity index (χ1v) is 8.32. The summed E-state index contributed by atoms with van der Waals surface area (Å²) in [4.78, 5) is 26.8. The lowest BCUT2D eigenvalue weighted by atomic mass is 10.0. The first-order valence-electron chi connectivity index (χ1n) is 8.32. The molecule has 2 aromatic rings. The summed E-state index contributed by atoms with van der Waals surface area (Å²) in [6.07, 6.45) is 3.38. The number of nitrogens with one attached hydrogen (secondary N) is 1. The molecule has 4 rings (SSSR count). The zero-order valence-corrected chi connectivity index (χ0v) is 13.4. The van der Waals surface area contributed by atoms with Crippen molar-refractivity contribution in [2.24, 2.45) is 11.3 Å². The van der Waals surface area contributed by atoms with Crippen molar-refractivity contribution in [1.82, 2.24) is 10.2 Å².